The van der Waals surface area contributed by atoms with Gasteiger partial charge in [0, 0.05) is 17.8 Å². The summed E-state index contributed by atoms with van der Waals surface area (Å²) in [7, 11) is 1.31. The van der Waals surface area contributed by atoms with Crippen molar-refractivity contribution >= 4 is 23.3 Å². The van der Waals surface area contributed by atoms with E-state index in [2.05, 4.69) is 0 Å². The molecule has 0 bridgehead atoms. The molecule has 0 unspecified atom stereocenters. The molecule has 0 saturated heterocycles. The first-order chi connectivity index (χ1) is 14.5. The van der Waals surface area contributed by atoms with E-state index in [1.165, 1.54) is 19.2 Å². The number of nitro benzene ring substituents is 1. The van der Waals surface area contributed by atoms with Crippen molar-refractivity contribution in [2.45, 2.75) is 38.1 Å². The van der Waals surface area contributed by atoms with Crippen LogP contribution in [-0.2, 0) is 9.53 Å². The molecule has 0 aliphatic heterocycles. The maximum Gasteiger partial charge on any atom is 0.338 e. The molecule has 0 atom stereocenters. The molecule has 0 heterocycles. The van der Waals surface area contributed by atoms with Crippen molar-refractivity contribution in [3.63, 3.8) is 0 Å². The van der Waals surface area contributed by atoms with Crippen molar-refractivity contribution in [1.82, 2.24) is 0 Å². The average molecular weight is 412 g/mol. The molecule has 1 amide bonds. The van der Waals surface area contributed by atoms with Gasteiger partial charge in [-0.2, -0.15) is 0 Å². The van der Waals surface area contributed by atoms with Crippen LogP contribution in [0, 0.1) is 10.1 Å². The second-order valence-corrected chi connectivity index (χ2v) is 7.11. The smallest absolute Gasteiger partial charge is 0.338 e. The molecule has 8 nitrogen and oxygen atoms in total. The maximum absolute atomic E-state index is 13.0. The predicted molar refractivity (Wildman–Crippen MR) is 111 cm³/mol. The SMILES string of the molecule is COc1ccc(C(=O)OCC(=O)N(c2ccccc2)C2CCCCC2)cc1[N+](=O)[O-]. The molecule has 0 spiro atoms. The fourth-order valence-electron chi connectivity index (χ4n) is 3.73. The van der Waals surface area contributed by atoms with Gasteiger partial charge in [-0.15, -0.1) is 0 Å². The summed E-state index contributed by atoms with van der Waals surface area (Å²) in [6, 6.07) is 13.2. The summed E-state index contributed by atoms with van der Waals surface area (Å²) in [4.78, 5) is 37.6. The van der Waals surface area contributed by atoms with Gasteiger partial charge in [-0.05, 0) is 37.1 Å². The van der Waals surface area contributed by atoms with Gasteiger partial charge in [-0.25, -0.2) is 4.79 Å². The Labute approximate surface area is 174 Å². The van der Waals surface area contributed by atoms with Crippen LogP contribution in [0.25, 0.3) is 0 Å². The number of hydrogen-bond donors (Lipinski definition) is 0. The first-order valence-electron chi connectivity index (χ1n) is 9.88. The standard InChI is InChI=1S/C22H24N2O6/c1-29-20-13-12-16(14-19(20)24(27)28)22(26)30-15-21(25)23(17-8-4-2-5-9-17)18-10-6-3-7-11-18/h2,4-5,8-9,12-14,18H,3,6-7,10-11,15H2,1H3. The Hall–Kier alpha value is -3.42. The first kappa shape index (κ1) is 21.3. The third-order valence-corrected chi connectivity index (χ3v) is 5.18. The molecule has 3 rings (SSSR count). The second kappa shape index (κ2) is 9.87. The molecule has 1 aliphatic carbocycles. The van der Waals surface area contributed by atoms with Gasteiger partial charge in [0.25, 0.3) is 5.91 Å². The van der Waals surface area contributed by atoms with E-state index in [0.717, 1.165) is 43.9 Å². The summed E-state index contributed by atoms with van der Waals surface area (Å²) in [5, 5.41) is 11.2. The minimum absolute atomic E-state index is 0.0146. The lowest BCUT2D eigenvalue weighted by atomic mass is 9.93. The van der Waals surface area contributed by atoms with E-state index in [1.54, 1.807) is 4.90 Å². The number of esters is 1. The van der Waals surface area contributed by atoms with Crippen LogP contribution in [0.15, 0.2) is 48.5 Å². The third-order valence-electron chi connectivity index (χ3n) is 5.18. The van der Waals surface area contributed by atoms with Crippen molar-refractivity contribution in [3.8, 4) is 5.75 Å². The van der Waals surface area contributed by atoms with Crippen LogP contribution in [0.5, 0.6) is 5.75 Å². The number of carbonyl (C=O) groups is 2. The number of rotatable bonds is 7. The van der Waals surface area contributed by atoms with E-state index >= 15 is 0 Å². The summed E-state index contributed by atoms with van der Waals surface area (Å²) >= 11 is 0. The predicted octanol–water partition coefficient (Wildman–Crippen LogP) is 4.13. The van der Waals surface area contributed by atoms with E-state index in [1.807, 2.05) is 30.3 Å². The van der Waals surface area contributed by atoms with Gasteiger partial charge in [0.15, 0.2) is 12.4 Å². The Bertz CT molecular complexity index is 909. The lowest BCUT2D eigenvalue weighted by Gasteiger charge is -2.34. The fraction of sp³-hybridized carbons (Fsp3) is 0.364. The highest BCUT2D eigenvalue weighted by molar-refractivity contribution is 5.97. The average Bonchev–Trinajstić information content (AvgIpc) is 2.78. The van der Waals surface area contributed by atoms with Crippen LogP contribution in [0.3, 0.4) is 0 Å². The first-order valence-corrected chi connectivity index (χ1v) is 9.88. The summed E-state index contributed by atoms with van der Waals surface area (Å²) in [6.07, 6.45) is 5.06. The number of hydrogen-bond acceptors (Lipinski definition) is 6. The number of amides is 1. The van der Waals surface area contributed by atoms with Crippen LogP contribution >= 0.6 is 0 Å². The minimum Gasteiger partial charge on any atom is -0.490 e. The van der Waals surface area contributed by atoms with E-state index < -0.39 is 17.5 Å². The summed E-state index contributed by atoms with van der Waals surface area (Å²) in [5.74, 6) is -1.07. The van der Waals surface area contributed by atoms with Crippen molar-refractivity contribution in [2.75, 3.05) is 18.6 Å². The zero-order valence-electron chi connectivity index (χ0n) is 16.8. The number of nitrogens with zero attached hydrogens (tertiary/aromatic N) is 2. The number of carbonyl (C=O) groups excluding carboxylic acids is 2. The zero-order chi connectivity index (χ0) is 21.5. The summed E-state index contributed by atoms with van der Waals surface area (Å²) in [6.45, 7) is -0.440. The molecule has 1 fully saturated rings. The van der Waals surface area contributed by atoms with Crippen LogP contribution in [0.4, 0.5) is 11.4 Å². The normalized spacial score (nSPS) is 14.0. The molecule has 2 aromatic carbocycles. The molecule has 30 heavy (non-hydrogen) atoms. The highest BCUT2D eigenvalue weighted by Crippen LogP contribution is 2.29. The van der Waals surface area contributed by atoms with Gasteiger partial charge in [-0.1, -0.05) is 37.5 Å². The molecular formula is C22H24N2O6. The largest absolute Gasteiger partial charge is 0.490 e. The topological polar surface area (TPSA) is 99.0 Å². The van der Waals surface area contributed by atoms with Gasteiger partial charge < -0.3 is 14.4 Å². The number of anilines is 1. The molecular weight excluding hydrogens is 388 g/mol. The quantitative estimate of drug-likeness (QED) is 0.385. The van der Waals surface area contributed by atoms with Crippen LogP contribution in [0.2, 0.25) is 0 Å². The number of para-hydroxylation sites is 1. The van der Waals surface area contributed by atoms with Gasteiger partial charge in [0.05, 0.1) is 17.6 Å². The van der Waals surface area contributed by atoms with Crippen molar-refractivity contribution in [1.29, 1.82) is 0 Å². The second-order valence-electron chi connectivity index (χ2n) is 7.11. The molecule has 158 valence electrons. The minimum atomic E-state index is -0.800. The van der Waals surface area contributed by atoms with Crippen LogP contribution < -0.4 is 9.64 Å². The van der Waals surface area contributed by atoms with Crippen molar-refractivity contribution < 1.29 is 24.0 Å². The number of methoxy groups -OCH3 is 1. The monoisotopic (exact) mass is 412 g/mol. The Morgan fingerprint density at radius 3 is 2.43 bits per heavy atom. The van der Waals surface area contributed by atoms with Gasteiger partial charge >= 0.3 is 11.7 Å². The lowest BCUT2D eigenvalue weighted by molar-refractivity contribution is -0.385. The molecule has 0 N–H and O–H groups in total. The zero-order valence-corrected chi connectivity index (χ0v) is 16.8. The molecule has 2 aromatic rings. The van der Waals surface area contributed by atoms with Crippen LogP contribution in [-0.4, -0.2) is 36.6 Å². The Morgan fingerprint density at radius 2 is 1.80 bits per heavy atom. The van der Waals surface area contributed by atoms with Gasteiger partial charge in [-0.3, -0.25) is 14.9 Å². The van der Waals surface area contributed by atoms with Crippen molar-refractivity contribution in [3.05, 3.63) is 64.2 Å². The van der Waals surface area contributed by atoms with E-state index in [9.17, 15) is 19.7 Å². The Balaban J connectivity index is 1.72. The van der Waals surface area contributed by atoms with Crippen molar-refractivity contribution in [2.24, 2.45) is 0 Å². The highest BCUT2D eigenvalue weighted by atomic mass is 16.6. The summed E-state index contributed by atoms with van der Waals surface area (Å²) in [5.41, 5.74) is 0.413. The number of benzene rings is 2. The van der Waals surface area contributed by atoms with Crippen LogP contribution in [0.1, 0.15) is 42.5 Å². The van der Waals surface area contributed by atoms with E-state index in [4.69, 9.17) is 9.47 Å². The molecule has 0 radical (unpaired) electrons. The Kier molecular flexibility index (Phi) is 7.00. The van der Waals surface area contributed by atoms with E-state index in [-0.39, 0.29) is 28.9 Å². The lowest BCUT2D eigenvalue weighted by Crippen LogP contribution is -2.43. The molecule has 0 aromatic heterocycles. The fourth-order valence-corrected chi connectivity index (χ4v) is 3.73. The highest BCUT2D eigenvalue weighted by Gasteiger charge is 2.28. The molecule has 1 aliphatic rings. The maximum atomic E-state index is 13.0. The van der Waals surface area contributed by atoms with E-state index in [0.29, 0.717) is 0 Å². The molecule has 8 heteroatoms. The number of ether oxygens (including phenoxy) is 2. The Morgan fingerprint density at radius 1 is 1.10 bits per heavy atom. The number of nitro groups is 1. The third kappa shape index (κ3) is 4.94. The summed E-state index contributed by atoms with van der Waals surface area (Å²) < 4.78 is 10.1. The van der Waals surface area contributed by atoms with Gasteiger partial charge in [0.2, 0.25) is 0 Å². The van der Waals surface area contributed by atoms with Gasteiger partial charge in [0.1, 0.15) is 0 Å². The molecule has 1 saturated carbocycles.